The van der Waals surface area contributed by atoms with Gasteiger partial charge in [0.1, 0.15) is 23.8 Å². The van der Waals surface area contributed by atoms with E-state index in [2.05, 4.69) is 9.88 Å². The van der Waals surface area contributed by atoms with Crippen LogP contribution < -0.4 is 19.1 Å². The summed E-state index contributed by atoms with van der Waals surface area (Å²) in [7, 11) is -3.79. The average molecular weight is 395 g/mol. The molecule has 0 saturated heterocycles. The molecule has 1 amide bonds. The van der Waals surface area contributed by atoms with Crippen molar-refractivity contribution in [2.75, 3.05) is 31.2 Å². The molecule has 1 aliphatic heterocycles. The highest BCUT2D eigenvalue weighted by Crippen LogP contribution is 2.34. The Kier molecular flexibility index (Phi) is 5.38. The molecule has 0 fully saturated rings. The smallest absolute Gasteiger partial charge is 0.246 e. The standard InChI is InChI=1S/C17H21N3O6S/c1-11-17(12(2)26-19-11)27(22,23)18-6-7-20(13(3)21)14-4-5-15-16(10-14)25-9-8-24-15/h4-5,10,18H,6-9H2,1-3H3. The van der Waals surface area contributed by atoms with Gasteiger partial charge in [0.15, 0.2) is 17.3 Å². The predicted octanol–water partition coefficient (Wildman–Crippen LogP) is 1.39. The number of anilines is 1. The molecule has 0 saturated carbocycles. The molecule has 1 N–H and O–H groups in total. The van der Waals surface area contributed by atoms with Gasteiger partial charge < -0.3 is 18.9 Å². The maximum Gasteiger partial charge on any atom is 0.246 e. The molecule has 9 nitrogen and oxygen atoms in total. The van der Waals surface area contributed by atoms with Gasteiger partial charge in [0, 0.05) is 31.8 Å². The van der Waals surface area contributed by atoms with Crippen LogP contribution in [0.4, 0.5) is 5.69 Å². The van der Waals surface area contributed by atoms with Gasteiger partial charge in [-0.25, -0.2) is 13.1 Å². The summed E-state index contributed by atoms with van der Waals surface area (Å²) in [5.74, 6) is 1.17. The Balaban J connectivity index is 1.72. The zero-order valence-electron chi connectivity index (χ0n) is 15.3. The summed E-state index contributed by atoms with van der Waals surface area (Å²) in [5, 5.41) is 3.66. The van der Waals surface area contributed by atoms with Gasteiger partial charge in [-0.2, -0.15) is 0 Å². The quantitative estimate of drug-likeness (QED) is 0.787. The molecule has 1 aliphatic rings. The summed E-state index contributed by atoms with van der Waals surface area (Å²) in [6.07, 6.45) is 0. The number of hydrogen-bond acceptors (Lipinski definition) is 7. The van der Waals surface area contributed by atoms with E-state index in [1.807, 2.05) is 0 Å². The molecule has 2 aromatic rings. The molecule has 0 atom stereocenters. The van der Waals surface area contributed by atoms with Crippen LogP contribution in [0.5, 0.6) is 11.5 Å². The second-order valence-electron chi connectivity index (χ2n) is 6.05. The lowest BCUT2D eigenvalue weighted by molar-refractivity contribution is -0.116. The maximum atomic E-state index is 12.5. The third-order valence-electron chi connectivity index (χ3n) is 4.08. The summed E-state index contributed by atoms with van der Waals surface area (Å²) in [5.41, 5.74) is 0.888. The molecule has 146 valence electrons. The van der Waals surface area contributed by atoms with Gasteiger partial charge in [-0.05, 0) is 26.0 Å². The van der Waals surface area contributed by atoms with E-state index in [4.69, 9.17) is 14.0 Å². The van der Waals surface area contributed by atoms with Crippen molar-refractivity contribution in [3.8, 4) is 11.5 Å². The highest BCUT2D eigenvalue weighted by Gasteiger charge is 2.24. The van der Waals surface area contributed by atoms with Crippen molar-refractivity contribution >= 4 is 21.6 Å². The molecule has 0 bridgehead atoms. The number of nitrogens with one attached hydrogen (secondary N) is 1. The Hall–Kier alpha value is -2.59. The SMILES string of the molecule is CC(=O)N(CCNS(=O)(=O)c1c(C)noc1C)c1ccc2c(c1)OCCO2. The average Bonchev–Trinajstić information content (AvgIpc) is 2.97. The lowest BCUT2D eigenvalue weighted by Gasteiger charge is -2.24. The van der Waals surface area contributed by atoms with Gasteiger partial charge in [0.25, 0.3) is 0 Å². The van der Waals surface area contributed by atoms with E-state index in [-0.39, 0.29) is 35.3 Å². The van der Waals surface area contributed by atoms with Crippen LogP contribution in [0.2, 0.25) is 0 Å². The Bertz CT molecular complexity index is 934. The van der Waals surface area contributed by atoms with Gasteiger partial charge in [-0.1, -0.05) is 5.16 Å². The number of aryl methyl sites for hydroxylation is 2. The summed E-state index contributed by atoms with van der Waals surface area (Å²) in [4.78, 5) is 13.5. The van der Waals surface area contributed by atoms with Gasteiger partial charge in [-0.15, -0.1) is 0 Å². The summed E-state index contributed by atoms with van der Waals surface area (Å²) in [6, 6.07) is 5.17. The summed E-state index contributed by atoms with van der Waals surface area (Å²) in [6.45, 7) is 5.60. The van der Waals surface area contributed by atoms with E-state index < -0.39 is 10.0 Å². The van der Waals surface area contributed by atoms with Crippen molar-refractivity contribution in [3.05, 3.63) is 29.7 Å². The second kappa shape index (κ2) is 7.57. The fourth-order valence-corrected chi connectivity index (χ4v) is 4.24. The minimum Gasteiger partial charge on any atom is -0.486 e. The zero-order chi connectivity index (χ0) is 19.6. The highest BCUT2D eigenvalue weighted by atomic mass is 32.2. The third-order valence-corrected chi connectivity index (χ3v) is 5.79. The van der Waals surface area contributed by atoms with Crippen molar-refractivity contribution in [2.45, 2.75) is 25.7 Å². The molecule has 3 rings (SSSR count). The molecule has 10 heteroatoms. The number of fused-ring (bicyclic) bond motifs is 1. The second-order valence-corrected chi connectivity index (χ2v) is 7.75. The number of hydrogen-bond donors (Lipinski definition) is 1. The van der Waals surface area contributed by atoms with Crippen LogP contribution >= 0.6 is 0 Å². The maximum absolute atomic E-state index is 12.5. The topological polar surface area (TPSA) is 111 Å². The minimum absolute atomic E-state index is 0.0243. The number of carbonyl (C=O) groups excluding carboxylic acids is 1. The van der Waals surface area contributed by atoms with E-state index in [1.165, 1.54) is 18.7 Å². The number of rotatable bonds is 6. The largest absolute Gasteiger partial charge is 0.486 e. The molecule has 0 aliphatic carbocycles. The monoisotopic (exact) mass is 395 g/mol. The van der Waals surface area contributed by atoms with E-state index >= 15 is 0 Å². The fourth-order valence-electron chi connectivity index (χ4n) is 2.89. The van der Waals surface area contributed by atoms with Crippen molar-refractivity contribution in [1.29, 1.82) is 0 Å². The Morgan fingerprint density at radius 3 is 2.56 bits per heavy atom. The van der Waals surface area contributed by atoms with Gasteiger partial charge in [0.05, 0.1) is 0 Å². The first-order chi connectivity index (χ1) is 12.8. The van der Waals surface area contributed by atoms with Gasteiger partial charge in [-0.3, -0.25) is 4.79 Å². The summed E-state index contributed by atoms with van der Waals surface area (Å²) >= 11 is 0. The van der Waals surface area contributed by atoms with Crippen molar-refractivity contribution in [2.24, 2.45) is 0 Å². The third kappa shape index (κ3) is 4.06. The predicted molar refractivity (Wildman–Crippen MR) is 96.6 cm³/mol. The number of carbonyl (C=O) groups is 1. The van der Waals surface area contributed by atoms with Gasteiger partial charge >= 0.3 is 0 Å². The Morgan fingerprint density at radius 1 is 1.22 bits per heavy atom. The number of nitrogens with zero attached hydrogens (tertiary/aromatic N) is 2. The van der Waals surface area contributed by atoms with Crippen LogP contribution in [-0.2, 0) is 14.8 Å². The van der Waals surface area contributed by atoms with Crippen LogP contribution in [0, 0.1) is 13.8 Å². The molecular formula is C17H21N3O6S. The molecule has 2 heterocycles. The van der Waals surface area contributed by atoms with Crippen LogP contribution in [0.25, 0.3) is 0 Å². The zero-order valence-corrected chi connectivity index (χ0v) is 16.1. The number of sulfonamides is 1. The molecule has 1 aromatic carbocycles. The lowest BCUT2D eigenvalue weighted by atomic mass is 10.2. The van der Waals surface area contributed by atoms with Crippen LogP contribution in [-0.4, -0.2) is 45.8 Å². The Labute approximate surface area is 157 Å². The normalized spacial score (nSPS) is 13.4. The van der Waals surface area contributed by atoms with Crippen LogP contribution in [0.1, 0.15) is 18.4 Å². The summed E-state index contributed by atoms with van der Waals surface area (Å²) < 4.78 is 43.3. The minimum atomic E-state index is -3.79. The molecule has 1 aromatic heterocycles. The van der Waals surface area contributed by atoms with Crippen LogP contribution in [0.15, 0.2) is 27.6 Å². The van der Waals surface area contributed by atoms with Crippen molar-refractivity contribution in [1.82, 2.24) is 9.88 Å². The van der Waals surface area contributed by atoms with Crippen molar-refractivity contribution < 1.29 is 27.2 Å². The van der Waals surface area contributed by atoms with E-state index in [0.29, 0.717) is 30.4 Å². The molecule has 0 radical (unpaired) electrons. The van der Waals surface area contributed by atoms with E-state index in [1.54, 1.807) is 25.1 Å². The molecule has 0 spiro atoms. The Morgan fingerprint density at radius 2 is 1.93 bits per heavy atom. The molecular weight excluding hydrogens is 374 g/mol. The number of aromatic nitrogens is 1. The highest BCUT2D eigenvalue weighted by molar-refractivity contribution is 7.89. The van der Waals surface area contributed by atoms with Gasteiger partial charge in [0.2, 0.25) is 15.9 Å². The number of amides is 1. The first-order valence-corrected chi connectivity index (χ1v) is 9.88. The first kappa shape index (κ1) is 19.2. The van der Waals surface area contributed by atoms with E-state index in [9.17, 15) is 13.2 Å². The first-order valence-electron chi connectivity index (χ1n) is 8.40. The van der Waals surface area contributed by atoms with E-state index in [0.717, 1.165) is 0 Å². The molecule has 27 heavy (non-hydrogen) atoms. The van der Waals surface area contributed by atoms with Crippen LogP contribution in [0.3, 0.4) is 0 Å². The van der Waals surface area contributed by atoms with Crippen molar-refractivity contribution in [3.63, 3.8) is 0 Å². The number of ether oxygens (including phenoxy) is 2. The number of benzene rings is 1. The lowest BCUT2D eigenvalue weighted by Crippen LogP contribution is -2.37. The molecule has 0 unspecified atom stereocenters. The fraction of sp³-hybridized carbons (Fsp3) is 0.412.